The van der Waals surface area contributed by atoms with Crippen LogP contribution in [0.4, 0.5) is 0 Å². The predicted molar refractivity (Wildman–Crippen MR) is 17.4 cm³/mol. The Morgan fingerprint density at radius 2 is 0.450 bits per heavy atom. The molecule has 0 amide bonds. The Hall–Kier alpha value is 1.28. The van der Waals surface area contributed by atoms with Gasteiger partial charge in [-0.15, -0.1) is 0 Å². The Labute approximate surface area is 149 Å². The Balaban J connectivity index is -0.00000144. The molecule has 0 saturated heterocycles. The molecule has 0 aromatic rings. The van der Waals surface area contributed by atoms with Crippen molar-refractivity contribution >= 4 is 0 Å². The minimum Gasteiger partial charge on any atom is -0.689 e. The van der Waals surface area contributed by atoms with Crippen LogP contribution in [0, 0.1) is 0 Å². The van der Waals surface area contributed by atoms with Crippen LogP contribution in [0.3, 0.4) is 0 Å². The quantitative estimate of drug-likeness (QED) is 0.118. The van der Waals surface area contributed by atoms with Gasteiger partial charge in [0.2, 0.25) is 0 Å². The summed E-state index contributed by atoms with van der Waals surface area (Å²) in [5.74, 6) is 0. The second kappa shape index (κ2) is 25.2. The molecule has 18 nitrogen and oxygen atoms in total. The molecule has 110 valence electrons. The molecule has 0 aromatic heterocycles. The molecule has 0 saturated carbocycles. The monoisotopic (exact) mass is 334 g/mol. The van der Waals surface area contributed by atoms with Gasteiger partial charge in [-0.3, -0.25) is 10.1 Å². The molecule has 0 rings (SSSR count). The van der Waals surface area contributed by atoms with Gasteiger partial charge in [0.05, 0.1) is 0 Å². The minimum atomic E-state index is 0. The molecule has 0 spiro atoms. The number of hydrogen-bond acceptors (Lipinski definition) is 18. The van der Waals surface area contributed by atoms with E-state index >= 15 is 0 Å². The van der Waals surface area contributed by atoms with Gasteiger partial charge in [0, 0.05) is 0 Å². The summed E-state index contributed by atoms with van der Waals surface area (Å²) in [6, 6.07) is 0. The zero-order valence-electron chi connectivity index (χ0n) is 9.35. The molecule has 0 bridgehead atoms. The zero-order valence-corrected chi connectivity index (χ0v) is 13.3. The maximum atomic E-state index is 9.06. The van der Waals surface area contributed by atoms with Crippen LogP contribution >= 0.6 is 0 Å². The summed E-state index contributed by atoms with van der Waals surface area (Å²) in [5.41, 5.74) is 0. The van der Waals surface area contributed by atoms with Crippen LogP contribution < -0.4 is 69.6 Å². The standard InChI is InChI=1S/2Na.H2O18/c;;1-3-5-7-9-11-13-15-17-18-16-14-12-10-8-6-4-2/h;;1-2H/q2*+1;/p-2. The zero-order chi connectivity index (χ0) is 13.3. The molecule has 20 heteroatoms. The van der Waals surface area contributed by atoms with Gasteiger partial charge in [-0.2, -0.15) is 0 Å². The number of rotatable bonds is 15. The SMILES string of the molecule is [Na+].[Na+].[O-]OOOOOOOOOOOOOOOO[O-]. The van der Waals surface area contributed by atoms with E-state index in [1.165, 1.54) is 0 Å². The molecule has 0 unspecified atom stereocenters. The first-order valence-corrected chi connectivity index (χ1v) is 2.83. The fourth-order valence-electron chi connectivity index (χ4n) is 0.159. The van der Waals surface area contributed by atoms with Crippen LogP contribution in [0.1, 0.15) is 0 Å². The first-order chi connectivity index (χ1) is 8.91. The van der Waals surface area contributed by atoms with E-state index in [9.17, 15) is 0 Å². The van der Waals surface area contributed by atoms with Crippen LogP contribution in [0.15, 0.2) is 0 Å². The van der Waals surface area contributed by atoms with Crippen LogP contribution in [-0.2, 0) is 80.6 Å². The Kier molecular flexibility index (Phi) is 33.1. The first kappa shape index (κ1) is 26.2. The second-order valence-corrected chi connectivity index (χ2v) is 1.09. The summed E-state index contributed by atoms with van der Waals surface area (Å²) < 4.78 is 0. The van der Waals surface area contributed by atoms with Crippen molar-refractivity contribution in [2.24, 2.45) is 0 Å². The van der Waals surface area contributed by atoms with Gasteiger partial charge in [-0.05, 0) is 70.5 Å². The van der Waals surface area contributed by atoms with Gasteiger partial charge in [0.25, 0.3) is 0 Å². The van der Waals surface area contributed by atoms with Crippen molar-refractivity contribution in [1.82, 2.24) is 0 Å². The van der Waals surface area contributed by atoms with E-state index in [4.69, 9.17) is 10.5 Å². The normalized spacial score (nSPS) is 9.90. The number of hydrogen-bond donors (Lipinski definition) is 0. The largest absolute Gasteiger partial charge is 1.00 e. The van der Waals surface area contributed by atoms with Crippen molar-refractivity contribution in [3.8, 4) is 0 Å². The van der Waals surface area contributed by atoms with E-state index in [2.05, 4.69) is 80.6 Å². The van der Waals surface area contributed by atoms with Crippen molar-refractivity contribution in [2.75, 3.05) is 0 Å². The third-order valence-electron chi connectivity index (χ3n) is 0.417. The maximum Gasteiger partial charge on any atom is 1.00 e. The van der Waals surface area contributed by atoms with Crippen molar-refractivity contribution in [3.05, 3.63) is 0 Å². The van der Waals surface area contributed by atoms with Crippen molar-refractivity contribution in [1.29, 1.82) is 0 Å². The molecular formula is Na2O18. The topological polar surface area (TPSA) is 194 Å². The van der Waals surface area contributed by atoms with E-state index in [-0.39, 0.29) is 59.1 Å². The Bertz CT molecular complexity index is 121. The average molecular weight is 334 g/mol. The summed E-state index contributed by atoms with van der Waals surface area (Å²) in [5, 5.41) is 70.0. The summed E-state index contributed by atoms with van der Waals surface area (Å²) in [7, 11) is 0. The molecule has 0 fully saturated rings. The van der Waals surface area contributed by atoms with E-state index < -0.39 is 0 Å². The average Bonchev–Trinajstić information content (AvgIpc) is 2.39. The van der Waals surface area contributed by atoms with Crippen molar-refractivity contribution in [3.63, 3.8) is 0 Å². The van der Waals surface area contributed by atoms with Gasteiger partial charge in [0.1, 0.15) is 0 Å². The molecule has 0 aliphatic heterocycles. The van der Waals surface area contributed by atoms with Crippen LogP contribution in [0.5, 0.6) is 0 Å². The Morgan fingerprint density at radius 1 is 0.300 bits per heavy atom. The summed E-state index contributed by atoms with van der Waals surface area (Å²) in [6.45, 7) is 0. The maximum absolute atomic E-state index is 9.06. The molecular weight excluding hydrogens is 334 g/mol. The minimum absolute atomic E-state index is 0. The molecule has 0 N–H and O–H groups in total. The molecule has 20 heavy (non-hydrogen) atoms. The summed E-state index contributed by atoms with van der Waals surface area (Å²) in [6.07, 6.45) is 0. The van der Waals surface area contributed by atoms with Gasteiger partial charge < -0.3 is 10.5 Å². The van der Waals surface area contributed by atoms with Crippen LogP contribution in [-0.4, -0.2) is 0 Å². The van der Waals surface area contributed by atoms with E-state index in [1.54, 1.807) is 0 Å². The fraction of sp³-hybridized carbons (Fsp3) is 0. The first-order valence-electron chi connectivity index (χ1n) is 2.83. The van der Waals surface area contributed by atoms with E-state index in [0.29, 0.717) is 0 Å². The third kappa shape index (κ3) is 24.3. The van der Waals surface area contributed by atoms with Crippen molar-refractivity contribution < 1.29 is 150 Å². The molecule has 0 radical (unpaired) electrons. The van der Waals surface area contributed by atoms with Crippen LogP contribution in [0.2, 0.25) is 0 Å². The third-order valence-corrected chi connectivity index (χ3v) is 0.417. The second-order valence-electron chi connectivity index (χ2n) is 1.09. The van der Waals surface area contributed by atoms with Gasteiger partial charge >= 0.3 is 59.1 Å². The predicted octanol–water partition coefficient (Wildman–Crippen LogP) is -9.46. The fourth-order valence-corrected chi connectivity index (χ4v) is 0.159. The van der Waals surface area contributed by atoms with Crippen molar-refractivity contribution in [2.45, 2.75) is 0 Å². The summed E-state index contributed by atoms with van der Waals surface area (Å²) in [4.78, 5) is 0. The van der Waals surface area contributed by atoms with Gasteiger partial charge in [0.15, 0.2) is 0 Å². The molecule has 0 aliphatic carbocycles. The molecule has 0 heterocycles. The molecule has 0 aromatic carbocycles. The summed E-state index contributed by atoms with van der Waals surface area (Å²) >= 11 is 0. The smallest absolute Gasteiger partial charge is 0.689 e. The molecule has 0 aliphatic rings. The van der Waals surface area contributed by atoms with E-state index in [1.807, 2.05) is 0 Å². The van der Waals surface area contributed by atoms with Crippen LogP contribution in [0.25, 0.3) is 0 Å². The van der Waals surface area contributed by atoms with Gasteiger partial charge in [-0.1, -0.05) is 0 Å². The molecule has 0 atom stereocenters. The Morgan fingerprint density at radius 3 is 0.600 bits per heavy atom. The van der Waals surface area contributed by atoms with E-state index in [0.717, 1.165) is 0 Å². The van der Waals surface area contributed by atoms with Gasteiger partial charge in [-0.25, -0.2) is 0 Å².